The van der Waals surface area contributed by atoms with Crippen LogP contribution in [-0.4, -0.2) is 54.7 Å². The molecule has 0 aliphatic carbocycles. The highest BCUT2D eigenvalue weighted by molar-refractivity contribution is 5.98. The van der Waals surface area contributed by atoms with Crippen LogP contribution < -0.4 is 5.32 Å². The first kappa shape index (κ1) is 18.7. The van der Waals surface area contributed by atoms with Crippen molar-refractivity contribution >= 4 is 23.4 Å². The summed E-state index contributed by atoms with van der Waals surface area (Å²) in [4.78, 5) is 40.2. The monoisotopic (exact) mass is 369 g/mol. The van der Waals surface area contributed by atoms with Crippen molar-refractivity contribution in [3.63, 3.8) is 0 Å². The van der Waals surface area contributed by atoms with E-state index in [1.54, 1.807) is 49.3 Å². The average molecular weight is 369 g/mol. The molecule has 0 radical (unpaired) electrons. The number of hydrogen-bond acceptors (Lipinski definition) is 4. The van der Waals surface area contributed by atoms with Gasteiger partial charge in [-0.05, 0) is 37.1 Å². The lowest BCUT2D eigenvalue weighted by atomic mass is 9.95. The van der Waals surface area contributed by atoms with Crippen molar-refractivity contribution in [2.24, 2.45) is 5.92 Å². The first-order chi connectivity index (χ1) is 13.0. The van der Waals surface area contributed by atoms with E-state index in [1.165, 1.54) is 17.4 Å². The molecule has 0 unspecified atom stereocenters. The summed E-state index contributed by atoms with van der Waals surface area (Å²) in [7, 11) is 3.37. The van der Waals surface area contributed by atoms with Crippen LogP contribution in [0.25, 0.3) is 0 Å². The van der Waals surface area contributed by atoms with E-state index in [1.807, 2.05) is 0 Å². The van der Waals surface area contributed by atoms with Crippen molar-refractivity contribution in [3.8, 4) is 0 Å². The largest absolute Gasteiger partial charge is 0.472 e. The SMILES string of the molecule is CN(C)C(=O)c1cccc(NC(=O)C2CCN(C(=O)c3ccoc3)CC2)c1. The lowest BCUT2D eigenvalue weighted by Gasteiger charge is -2.31. The standard InChI is InChI=1S/C20H23N3O4/c1-22(2)19(25)15-4-3-5-17(12-15)21-18(24)14-6-9-23(10-7-14)20(26)16-8-11-27-13-16/h3-5,8,11-14H,6-7,9-10H2,1-2H3,(H,21,24). The molecule has 0 saturated carbocycles. The average Bonchev–Trinajstić information content (AvgIpc) is 3.22. The molecule has 1 saturated heterocycles. The predicted octanol–water partition coefficient (Wildman–Crippen LogP) is 2.47. The topological polar surface area (TPSA) is 82.9 Å². The van der Waals surface area contributed by atoms with Gasteiger partial charge in [-0.2, -0.15) is 0 Å². The van der Waals surface area contributed by atoms with Crippen molar-refractivity contribution in [2.75, 3.05) is 32.5 Å². The number of piperidine rings is 1. The normalized spacial score (nSPS) is 14.7. The number of anilines is 1. The van der Waals surface area contributed by atoms with Crippen molar-refractivity contribution in [2.45, 2.75) is 12.8 Å². The highest BCUT2D eigenvalue weighted by Gasteiger charge is 2.28. The highest BCUT2D eigenvalue weighted by atomic mass is 16.3. The van der Waals surface area contributed by atoms with Crippen LogP contribution in [0.5, 0.6) is 0 Å². The first-order valence-electron chi connectivity index (χ1n) is 8.90. The molecule has 2 aromatic rings. The van der Waals surface area contributed by atoms with Gasteiger partial charge in [0.2, 0.25) is 5.91 Å². The molecule has 27 heavy (non-hydrogen) atoms. The predicted molar refractivity (Wildman–Crippen MR) is 100 cm³/mol. The molecule has 1 aromatic carbocycles. The molecule has 1 aliphatic rings. The minimum atomic E-state index is -0.161. The van der Waals surface area contributed by atoms with Crippen LogP contribution in [0.3, 0.4) is 0 Å². The van der Waals surface area contributed by atoms with Gasteiger partial charge in [0.1, 0.15) is 6.26 Å². The lowest BCUT2D eigenvalue weighted by molar-refractivity contribution is -0.121. The van der Waals surface area contributed by atoms with Gasteiger partial charge in [0.05, 0.1) is 11.8 Å². The Morgan fingerprint density at radius 3 is 2.48 bits per heavy atom. The molecule has 0 bridgehead atoms. The summed E-state index contributed by atoms with van der Waals surface area (Å²) >= 11 is 0. The number of likely N-dealkylation sites (tertiary alicyclic amines) is 1. The van der Waals surface area contributed by atoms with Crippen molar-refractivity contribution in [1.82, 2.24) is 9.80 Å². The second-order valence-electron chi connectivity index (χ2n) is 6.85. The second-order valence-corrected chi connectivity index (χ2v) is 6.85. The third-order valence-electron chi connectivity index (χ3n) is 4.70. The Balaban J connectivity index is 1.56. The third-order valence-corrected chi connectivity index (χ3v) is 4.70. The van der Waals surface area contributed by atoms with Crippen LogP contribution in [-0.2, 0) is 4.79 Å². The maximum atomic E-state index is 12.6. The zero-order valence-corrected chi connectivity index (χ0v) is 15.5. The zero-order chi connectivity index (χ0) is 19.4. The smallest absolute Gasteiger partial charge is 0.257 e. The van der Waals surface area contributed by atoms with Crippen LogP contribution in [0.2, 0.25) is 0 Å². The van der Waals surface area contributed by atoms with E-state index in [9.17, 15) is 14.4 Å². The van der Waals surface area contributed by atoms with E-state index in [0.29, 0.717) is 42.7 Å². The molecule has 1 N–H and O–H groups in total. The molecule has 1 aliphatic heterocycles. The Morgan fingerprint density at radius 2 is 1.85 bits per heavy atom. The van der Waals surface area contributed by atoms with E-state index in [0.717, 1.165) is 0 Å². The van der Waals surface area contributed by atoms with Crippen molar-refractivity contribution in [1.29, 1.82) is 0 Å². The number of carbonyl (C=O) groups is 3. The van der Waals surface area contributed by atoms with Gasteiger partial charge in [-0.3, -0.25) is 14.4 Å². The van der Waals surface area contributed by atoms with Crippen LogP contribution in [0.15, 0.2) is 47.3 Å². The molecule has 0 atom stereocenters. The minimum absolute atomic E-state index is 0.0718. The second kappa shape index (κ2) is 8.07. The summed E-state index contributed by atoms with van der Waals surface area (Å²) in [5, 5.41) is 2.89. The maximum absolute atomic E-state index is 12.6. The molecule has 0 spiro atoms. The van der Waals surface area contributed by atoms with Crippen LogP contribution in [0.1, 0.15) is 33.6 Å². The Morgan fingerprint density at radius 1 is 1.11 bits per heavy atom. The van der Waals surface area contributed by atoms with E-state index in [4.69, 9.17) is 4.42 Å². The molecule has 142 valence electrons. The molecule has 7 nitrogen and oxygen atoms in total. The fourth-order valence-corrected chi connectivity index (χ4v) is 3.15. The van der Waals surface area contributed by atoms with E-state index < -0.39 is 0 Å². The molecule has 3 rings (SSSR count). The van der Waals surface area contributed by atoms with E-state index in [-0.39, 0.29) is 23.6 Å². The molecule has 7 heteroatoms. The van der Waals surface area contributed by atoms with Crippen LogP contribution in [0, 0.1) is 5.92 Å². The van der Waals surface area contributed by atoms with Gasteiger partial charge in [-0.15, -0.1) is 0 Å². The quantitative estimate of drug-likeness (QED) is 0.897. The summed E-state index contributed by atoms with van der Waals surface area (Å²) in [6.07, 6.45) is 4.11. The van der Waals surface area contributed by atoms with Gasteiger partial charge < -0.3 is 19.5 Å². The Labute approximate surface area is 157 Å². The lowest BCUT2D eigenvalue weighted by Crippen LogP contribution is -2.41. The summed E-state index contributed by atoms with van der Waals surface area (Å²) in [6.45, 7) is 1.06. The summed E-state index contributed by atoms with van der Waals surface area (Å²) < 4.78 is 4.95. The van der Waals surface area contributed by atoms with Crippen molar-refractivity contribution < 1.29 is 18.8 Å². The number of rotatable bonds is 4. The van der Waals surface area contributed by atoms with Gasteiger partial charge >= 0.3 is 0 Å². The number of nitrogens with zero attached hydrogens (tertiary/aromatic N) is 2. The molecule has 1 aromatic heterocycles. The number of benzene rings is 1. The van der Waals surface area contributed by atoms with Gasteiger partial charge in [-0.1, -0.05) is 6.07 Å². The molecule has 1 fully saturated rings. The maximum Gasteiger partial charge on any atom is 0.257 e. The Kier molecular flexibility index (Phi) is 5.59. The number of nitrogens with one attached hydrogen (secondary N) is 1. The highest BCUT2D eigenvalue weighted by Crippen LogP contribution is 2.21. The van der Waals surface area contributed by atoms with E-state index in [2.05, 4.69) is 5.32 Å². The Bertz CT molecular complexity index is 822. The number of furan rings is 1. The first-order valence-corrected chi connectivity index (χ1v) is 8.90. The fraction of sp³-hybridized carbons (Fsp3) is 0.350. The fourth-order valence-electron chi connectivity index (χ4n) is 3.15. The molecule has 3 amide bonds. The van der Waals surface area contributed by atoms with Gasteiger partial charge in [0, 0.05) is 44.4 Å². The third kappa shape index (κ3) is 4.36. The van der Waals surface area contributed by atoms with Gasteiger partial charge in [0.25, 0.3) is 11.8 Å². The number of amides is 3. The zero-order valence-electron chi connectivity index (χ0n) is 15.5. The molecular formula is C20H23N3O4. The van der Waals surface area contributed by atoms with Gasteiger partial charge in [0.15, 0.2) is 0 Å². The molecular weight excluding hydrogens is 346 g/mol. The van der Waals surface area contributed by atoms with Crippen molar-refractivity contribution in [3.05, 3.63) is 54.0 Å². The van der Waals surface area contributed by atoms with Gasteiger partial charge in [-0.25, -0.2) is 0 Å². The Hall–Kier alpha value is -3.09. The summed E-state index contributed by atoms with van der Waals surface area (Å²) in [6, 6.07) is 8.55. The van der Waals surface area contributed by atoms with Crippen LogP contribution >= 0.6 is 0 Å². The summed E-state index contributed by atoms with van der Waals surface area (Å²) in [5.41, 5.74) is 1.66. The number of carbonyl (C=O) groups excluding carboxylic acids is 3. The summed E-state index contributed by atoms with van der Waals surface area (Å²) in [5.74, 6) is -0.429. The number of hydrogen-bond donors (Lipinski definition) is 1. The van der Waals surface area contributed by atoms with E-state index >= 15 is 0 Å². The molecule has 2 heterocycles. The minimum Gasteiger partial charge on any atom is -0.472 e. The van der Waals surface area contributed by atoms with Crippen LogP contribution in [0.4, 0.5) is 5.69 Å².